The minimum Gasteiger partial charge on any atom is -0.337 e. The van der Waals surface area contributed by atoms with E-state index in [0.717, 1.165) is 17.2 Å². The number of H-pyrrole nitrogens is 1. The molecule has 2 nitrogen and oxygen atoms in total. The second-order valence-electron chi connectivity index (χ2n) is 4.73. The van der Waals surface area contributed by atoms with Gasteiger partial charge in [-0.1, -0.05) is 43.2 Å². The molecular weight excluding hydrogens is 228 g/mol. The first-order chi connectivity index (χ1) is 8.34. The quantitative estimate of drug-likeness (QED) is 0.806. The lowest BCUT2D eigenvalue weighted by atomic mass is 10.1. The maximum Gasteiger partial charge on any atom is 0.177 e. The Morgan fingerprint density at radius 1 is 1.24 bits per heavy atom. The fourth-order valence-electron chi connectivity index (χ4n) is 2.18. The number of nitrogens with zero attached hydrogens (tertiary/aromatic N) is 1. The summed E-state index contributed by atoms with van der Waals surface area (Å²) in [6, 6.07) is 10.4. The molecule has 0 radical (unpaired) electrons. The van der Waals surface area contributed by atoms with Crippen molar-refractivity contribution in [2.45, 2.75) is 25.8 Å². The molecule has 1 N–H and O–H groups in total. The first-order valence-electron chi connectivity index (χ1n) is 6.18. The zero-order chi connectivity index (χ0) is 11.7. The fourth-order valence-corrected chi connectivity index (χ4v) is 2.43. The molecule has 0 atom stereocenters. The third-order valence-electron chi connectivity index (χ3n) is 3.40. The van der Waals surface area contributed by atoms with E-state index < -0.39 is 0 Å². The second kappa shape index (κ2) is 4.49. The number of nitrogens with one attached hydrogen (secondary N) is 1. The Hall–Kier alpha value is -1.35. The highest BCUT2D eigenvalue weighted by molar-refractivity contribution is 7.71. The van der Waals surface area contributed by atoms with Gasteiger partial charge in [-0.2, -0.15) is 0 Å². The van der Waals surface area contributed by atoms with E-state index >= 15 is 0 Å². The number of hydrogen-bond acceptors (Lipinski definition) is 1. The molecule has 88 valence electrons. The van der Waals surface area contributed by atoms with Gasteiger partial charge in [0.2, 0.25) is 0 Å². The van der Waals surface area contributed by atoms with Crippen LogP contribution in [0.5, 0.6) is 0 Å². The van der Waals surface area contributed by atoms with E-state index in [4.69, 9.17) is 12.2 Å². The summed E-state index contributed by atoms with van der Waals surface area (Å²) in [4.78, 5) is 3.16. The van der Waals surface area contributed by atoms with Crippen LogP contribution in [0.4, 0.5) is 0 Å². The molecule has 1 heterocycles. The largest absolute Gasteiger partial charge is 0.337 e. The van der Waals surface area contributed by atoms with E-state index in [9.17, 15) is 0 Å². The van der Waals surface area contributed by atoms with Crippen LogP contribution < -0.4 is 0 Å². The number of hydrogen-bond donors (Lipinski definition) is 1. The summed E-state index contributed by atoms with van der Waals surface area (Å²) in [6.45, 7) is 1.04. The average molecular weight is 244 g/mol. The van der Waals surface area contributed by atoms with Crippen LogP contribution in [0.1, 0.15) is 19.3 Å². The monoisotopic (exact) mass is 244 g/mol. The zero-order valence-corrected chi connectivity index (χ0v) is 10.5. The van der Waals surface area contributed by atoms with Crippen LogP contribution in [-0.4, -0.2) is 9.55 Å². The van der Waals surface area contributed by atoms with Gasteiger partial charge in [0, 0.05) is 12.7 Å². The van der Waals surface area contributed by atoms with Gasteiger partial charge < -0.3 is 9.55 Å². The summed E-state index contributed by atoms with van der Waals surface area (Å²) in [5.41, 5.74) is 2.44. The Balaban J connectivity index is 1.91. The molecule has 1 aromatic carbocycles. The number of imidazole rings is 1. The molecule has 1 saturated carbocycles. The van der Waals surface area contributed by atoms with Crippen LogP contribution >= 0.6 is 12.2 Å². The first-order valence-corrected chi connectivity index (χ1v) is 6.59. The predicted molar refractivity (Wildman–Crippen MR) is 72.4 cm³/mol. The molecule has 0 spiro atoms. The van der Waals surface area contributed by atoms with Gasteiger partial charge in [0.25, 0.3) is 0 Å². The lowest BCUT2D eigenvalue weighted by Crippen LogP contribution is -2.01. The number of aromatic nitrogens is 2. The highest BCUT2D eigenvalue weighted by Gasteiger charge is 2.21. The van der Waals surface area contributed by atoms with Crippen molar-refractivity contribution >= 4 is 12.2 Å². The smallest absolute Gasteiger partial charge is 0.177 e. The van der Waals surface area contributed by atoms with E-state index in [1.54, 1.807) is 0 Å². The van der Waals surface area contributed by atoms with Crippen molar-refractivity contribution in [1.29, 1.82) is 0 Å². The van der Waals surface area contributed by atoms with Crippen molar-refractivity contribution in [3.05, 3.63) is 41.3 Å². The molecule has 3 rings (SSSR count). The zero-order valence-electron chi connectivity index (χ0n) is 9.73. The summed E-state index contributed by atoms with van der Waals surface area (Å²) < 4.78 is 3.06. The van der Waals surface area contributed by atoms with Gasteiger partial charge in [-0.15, -0.1) is 0 Å². The molecule has 2 aromatic rings. The third kappa shape index (κ3) is 2.34. The van der Waals surface area contributed by atoms with Gasteiger partial charge in [0.15, 0.2) is 4.77 Å². The minimum absolute atomic E-state index is 0.838. The normalized spacial score (nSPS) is 15.1. The number of aromatic amines is 1. The van der Waals surface area contributed by atoms with Gasteiger partial charge in [-0.25, -0.2) is 0 Å². The fraction of sp³-hybridized carbons (Fsp3) is 0.357. The van der Waals surface area contributed by atoms with Crippen molar-refractivity contribution in [2.75, 3.05) is 0 Å². The topological polar surface area (TPSA) is 20.7 Å². The van der Waals surface area contributed by atoms with Crippen molar-refractivity contribution in [3.8, 4) is 11.3 Å². The van der Waals surface area contributed by atoms with E-state index in [-0.39, 0.29) is 0 Å². The maximum atomic E-state index is 5.35. The molecule has 1 aliphatic carbocycles. The summed E-state index contributed by atoms with van der Waals surface area (Å²) in [5.74, 6) is 0.940. The first kappa shape index (κ1) is 10.8. The summed E-state index contributed by atoms with van der Waals surface area (Å²) in [7, 11) is 0. The van der Waals surface area contributed by atoms with E-state index in [1.165, 1.54) is 30.5 Å². The SMILES string of the molecule is S=c1[nH]cc(-c2ccccc2)n1CCC1CC1. The van der Waals surface area contributed by atoms with Gasteiger partial charge in [-0.05, 0) is 30.1 Å². The third-order valence-corrected chi connectivity index (χ3v) is 3.73. The molecule has 0 aliphatic heterocycles. The van der Waals surface area contributed by atoms with Crippen LogP contribution in [0.25, 0.3) is 11.3 Å². The molecule has 0 amide bonds. The van der Waals surface area contributed by atoms with Crippen LogP contribution in [-0.2, 0) is 6.54 Å². The van der Waals surface area contributed by atoms with Crippen molar-refractivity contribution in [1.82, 2.24) is 9.55 Å². The molecule has 1 fully saturated rings. The Bertz CT molecular complexity index is 549. The van der Waals surface area contributed by atoms with Crippen molar-refractivity contribution < 1.29 is 0 Å². The molecule has 0 saturated heterocycles. The van der Waals surface area contributed by atoms with Crippen molar-refractivity contribution in [2.24, 2.45) is 5.92 Å². The van der Waals surface area contributed by atoms with E-state index in [0.29, 0.717) is 0 Å². The molecule has 1 aliphatic rings. The minimum atomic E-state index is 0.838. The van der Waals surface area contributed by atoms with Crippen LogP contribution in [0.15, 0.2) is 36.5 Å². The average Bonchev–Trinajstić information content (AvgIpc) is 3.12. The van der Waals surface area contributed by atoms with E-state index in [1.807, 2.05) is 12.3 Å². The lowest BCUT2D eigenvalue weighted by Gasteiger charge is -2.07. The highest BCUT2D eigenvalue weighted by Crippen LogP contribution is 2.33. The summed E-state index contributed by atoms with van der Waals surface area (Å²) in [6.07, 6.45) is 6.08. The number of benzene rings is 1. The molecule has 3 heteroatoms. The van der Waals surface area contributed by atoms with Crippen molar-refractivity contribution in [3.63, 3.8) is 0 Å². The standard InChI is InChI=1S/C14H16N2S/c17-14-15-10-13(12-4-2-1-3-5-12)16(14)9-8-11-6-7-11/h1-5,10-11H,6-9H2,(H,15,17). The lowest BCUT2D eigenvalue weighted by molar-refractivity contribution is 0.595. The Labute approximate surface area is 106 Å². The van der Waals surface area contributed by atoms with Gasteiger partial charge in [-0.3, -0.25) is 0 Å². The molecule has 17 heavy (non-hydrogen) atoms. The van der Waals surface area contributed by atoms with Crippen LogP contribution in [0, 0.1) is 10.7 Å². The van der Waals surface area contributed by atoms with Crippen LogP contribution in [0.3, 0.4) is 0 Å². The van der Waals surface area contributed by atoms with Gasteiger partial charge in [0.1, 0.15) is 0 Å². The maximum absolute atomic E-state index is 5.35. The Morgan fingerprint density at radius 3 is 2.71 bits per heavy atom. The van der Waals surface area contributed by atoms with Gasteiger partial charge in [0.05, 0.1) is 5.69 Å². The number of rotatable bonds is 4. The molecule has 0 bridgehead atoms. The van der Waals surface area contributed by atoms with E-state index in [2.05, 4.69) is 33.8 Å². The molecular formula is C14H16N2S. The van der Waals surface area contributed by atoms with Crippen LogP contribution in [0.2, 0.25) is 0 Å². The molecule has 1 aromatic heterocycles. The Kier molecular flexibility index (Phi) is 2.85. The second-order valence-corrected chi connectivity index (χ2v) is 5.12. The van der Waals surface area contributed by atoms with Gasteiger partial charge >= 0.3 is 0 Å². The molecule has 0 unspecified atom stereocenters. The summed E-state index contributed by atoms with van der Waals surface area (Å²) in [5, 5.41) is 0. The Morgan fingerprint density at radius 2 is 2.00 bits per heavy atom. The highest BCUT2D eigenvalue weighted by atomic mass is 32.1. The summed E-state index contributed by atoms with van der Waals surface area (Å²) >= 11 is 5.35. The predicted octanol–water partition coefficient (Wildman–Crippen LogP) is 4.01.